The topological polar surface area (TPSA) is 45.6 Å². The highest BCUT2D eigenvalue weighted by Crippen LogP contribution is 2.21. The van der Waals surface area contributed by atoms with E-state index in [1.54, 1.807) is 18.3 Å². The molecule has 22 heavy (non-hydrogen) atoms. The Morgan fingerprint density at radius 3 is 2.64 bits per heavy atom. The second kappa shape index (κ2) is 7.09. The molecule has 0 aromatic carbocycles. The zero-order valence-electron chi connectivity index (χ0n) is 13.1. The van der Waals surface area contributed by atoms with Crippen LogP contribution in [-0.4, -0.2) is 52.5 Å². The molecule has 2 fully saturated rings. The van der Waals surface area contributed by atoms with Crippen LogP contribution in [0.15, 0.2) is 29.2 Å². The quantitative estimate of drug-likeness (QED) is 0.846. The lowest BCUT2D eigenvalue weighted by atomic mass is 10.1. The highest BCUT2D eigenvalue weighted by molar-refractivity contribution is 5.76. The molecule has 0 saturated carbocycles. The molecule has 1 atom stereocenters. The van der Waals surface area contributed by atoms with Crippen LogP contribution < -0.4 is 5.56 Å². The van der Waals surface area contributed by atoms with E-state index in [9.17, 15) is 9.59 Å². The van der Waals surface area contributed by atoms with E-state index in [2.05, 4.69) is 4.90 Å². The molecule has 0 radical (unpaired) electrons. The number of likely N-dealkylation sites (tertiary alicyclic amines) is 2. The molecule has 5 heteroatoms. The van der Waals surface area contributed by atoms with Gasteiger partial charge in [0.1, 0.15) is 6.54 Å². The van der Waals surface area contributed by atoms with Crippen molar-refractivity contribution in [3.63, 3.8) is 0 Å². The predicted octanol–water partition coefficient (Wildman–Crippen LogP) is 1.33. The van der Waals surface area contributed by atoms with Gasteiger partial charge < -0.3 is 14.4 Å². The Hall–Kier alpha value is -1.62. The van der Waals surface area contributed by atoms with Crippen molar-refractivity contribution in [3.8, 4) is 0 Å². The molecule has 0 spiro atoms. The van der Waals surface area contributed by atoms with Crippen molar-refractivity contribution >= 4 is 5.91 Å². The van der Waals surface area contributed by atoms with Crippen molar-refractivity contribution in [1.82, 2.24) is 14.4 Å². The number of rotatable bonds is 3. The Bertz CT molecular complexity index is 563. The summed E-state index contributed by atoms with van der Waals surface area (Å²) >= 11 is 0. The summed E-state index contributed by atoms with van der Waals surface area (Å²) in [5.74, 6) is 0.0652. The van der Waals surface area contributed by atoms with Crippen molar-refractivity contribution in [1.29, 1.82) is 0 Å². The van der Waals surface area contributed by atoms with Gasteiger partial charge in [-0.15, -0.1) is 0 Å². The summed E-state index contributed by atoms with van der Waals surface area (Å²) in [6.45, 7) is 4.25. The summed E-state index contributed by atoms with van der Waals surface area (Å²) in [5.41, 5.74) is -0.111. The third-order valence-electron chi connectivity index (χ3n) is 4.91. The van der Waals surface area contributed by atoms with Crippen molar-refractivity contribution in [2.45, 2.75) is 44.7 Å². The minimum Gasteiger partial charge on any atom is -0.341 e. The number of carbonyl (C=O) groups excluding carboxylic acids is 1. The number of hydrogen-bond donors (Lipinski definition) is 0. The fourth-order valence-corrected chi connectivity index (χ4v) is 3.64. The summed E-state index contributed by atoms with van der Waals surface area (Å²) in [6, 6.07) is 5.63. The first-order chi connectivity index (χ1) is 10.7. The minimum atomic E-state index is -0.111. The SMILES string of the molecule is O=C(Cn1ccccc1=O)N1CCC[C@@H](N2CCCC2)CC1. The van der Waals surface area contributed by atoms with E-state index in [4.69, 9.17) is 0 Å². The summed E-state index contributed by atoms with van der Waals surface area (Å²) in [4.78, 5) is 28.7. The van der Waals surface area contributed by atoms with E-state index in [0.29, 0.717) is 6.04 Å². The maximum absolute atomic E-state index is 12.5. The van der Waals surface area contributed by atoms with E-state index in [-0.39, 0.29) is 18.0 Å². The Labute approximate surface area is 131 Å². The van der Waals surface area contributed by atoms with Gasteiger partial charge in [0.15, 0.2) is 0 Å². The highest BCUT2D eigenvalue weighted by Gasteiger charge is 2.26. The van der Waals surface area contributed by atoms with Crippen molar-refractivity contribution in [2.24, 2.45) is 0 Å². The molecule has 2 aliphatic heterocycles. The Balaban J connectivity index is 1.57. The molecule has 5 nitrogen and oxygen atoms in total. The maximum atomic E-state index is 12.5. The third-order valence-corrected chi connectivity index (χ3v) is 4.91. The van der Waals surface area contributed by atoms with Gasteiger partial charge in [-0.25, -0.2) is 0 Å². The summed E-state index contributed by atoms with van der Waals surface area (Å²) < 4.78 is 1.49. The molecule has 0 unspecified atom stereocenters. The minimum absolute atomic E-state index is 0.0652. The maximum Gasteiger partial charge on any atom is 0.250 e. The van der Waals surface area contributed by atoms with Gasteiger partial charge in [0.2, 0.25) is 5.91 Å². The monoisotopic (exact) mass is 303 g/mol. The lowest BCUT2D eigenvalue weighted by molar-refractivity contribution is -0.131. The molecule has 3 heterocycles. The average molecular weight is 303 g/mol. The Kier molecular flexibility index (Phi) is 4.93. The Morgan fingerprint density at radius 1 is 1.05 bits per heavy atom. The summed E-state index contributed by atoms with van der Waals surface area (Å²) in [5, 5.41) is 0. The summed E-state index contributed by atoms with van der Waals surface area (Å²) in [7, 11) is 0. The van der Waals surface area contributed by atoms with Crippen LogP contribution in [0.2, 0.25) is 0 Å². The van der Waals surface area contributed by atoms with Crippen molar-refractivity contribution < 1.29 is 4.79 Å². The number of nitrogens with zero attached hydrogens (tertiary/aromatic N) is 3. The van der Waals surface area contributed by atoms with Gasteiger partial charge in [-0.1, -0.05) is 6.07 Å². The van der Waals surface area contributed by atoms with Crippen LogP contribution in [0.3, 0.4) is 0 Å². The van der Waals surface area contributed by atoms with Gasteiger partial charge in [-0.3, -0.25) is 9.59 Å². The van der Waals surface area contributed by atoms with Gasteiger partial charge in [0.05, 0.1) is 0 Å². The number of aromatic nitrogens is 1. The molecule has 3 rings (SSSR count). The molecule has 1 aromatic rings. The molecule has 2 saturated heterocycles. The van der Waals surface area contributed by atoms with Crippen LogP contribution in [0.4, 0.5) is 0 Å². The Morgan fingerprint density at radius 2 is 1.86 bits per heavy atom. The second-order valence-electron chi connectivity index (χ2n) is 6.38. The van der Waals surface area contributed by atoms with E-state index in [1.165, 1.54) is 43.0 Å². The molecule has 0 aliphatic carbocycles. The smallest absolute Gasteiger partial charge is 0.250 e. The lowest BCUT2D eigenvalue weighted by Crippen LogP contribution is -2.38. The summed E-state index contributed by atoms with van der Waals surface area (Å²) in [6.07, 6.45) is 7.64. The predicted molar refractivity (Wildman–Crippen MR) is 85.7 cm³/mol. The largest absolute Gasteiger partial charge is 0.341 e. The first-order valence-electron chi connectivity index (χ1n) is 8.41. The first kappa shape index (κ1) is 15.3. The molecule has 1 aromatic heterocycles. The van der Waals surface area contributed by atoms with Crippen LogP contribution in [0.5, 0.6) is 0 Å². The normalized spacial score (nSPS) is 23.5. The highest BCUT2D eigenvalue weighted by atomic mass is 16.2. The standard InChI is InChI=1S/C17H25N3O2/c21-16-7-1-2-11-20(16)14-17(22)19-12-5-6-15(8-13-19)18-9-3-4-10-18/h1-2,7,11,15H,3-6,8-10,12-14H2/t15-/m1/s1. The fourth-order valence-electron chi connectivity index (χ4n) is 3.64. The lowest BCUT2D eigenvalue weighted by Gasteiger charge is -2.26. The zero-order valence-corrected chi connectivity index (χ0v) is 13.1. The fraction of sp³-hybridized carbons (Fsp3) is 0.647. The number of amides is 1. The number of pyridine rings is 1. The van der Waals surface area contributed by atoms with E-state index < -0.39 is 0 Å². The van der Waals surface area contributed by atoms with Crippen molar-refractivity contribution in [2.75, 3.05) is 26.2 Å². The van der Waals surface area contributed by atoms with E-state index >= 15 is 0 Å². The van der Waals surface area contributed by atoms with Gasteiger partial charge >= 0.3 is 0 Å². The van der Waals surface area contributed by atoms with Gasteiger partial charge in [0.25, 0.3) is 5.56 Å². The molecule has 0 bridgehead atoms. The molecular weight excluding hydrogens is 278 g/mol. The van der Waals surface area contributed by atoms with Gasteiger partial charge in [-0.2, -0.15) is 0 Å². The molecule has 1 amide bonds. The molecule has 120 valence electrons. The van der Waals surface area contributed by atoms with Crippen LogP contribution in [0.25, 0.3) is 0 Å². The van der Waals surface area contributed by atoms with Gasteiger partial charge in [-0.05, 0) is 51.3 Å². The number of carbonyl (C=O) groups is 1. The van der Waals surface area contributed by atoms with Crippen LogP contribution in [0, 0.1) is 0 Å². The van der Waals surface area contributed by atoms with E-state index in [1.807, 2.05) is 4.90 Å². The second-order valence-corrected chi connectivity index (χ2v) is 6.38. The zero-order chi connectivity index (χ0) is 15.4. The average Bonchev–Trinajstić information content (AvgIpc) is 2.94. The molecule has 2 aliphatic rings. The van der Waals surface area contributed by atoms with Crippen molar-refractivity contribution in [3.05, 3.63) is 34.7 Å². The number of hydrogen-bond acceptors (Lipinski definition) is 3. The van der Waals surface area contributed by atoms with Gasteiger partial charge in [0, 0.05) is 31.4 Å². The van der Waals surface area contributed by atoms with E-state index in [0.717, 1.165) is 25.9 Å². The molecular formula is C17H25N3O2. The van der Waals surface area contributed by atoms with Crippen LogP contribution in [0.1, 0.15) is 32.1 Å². The molecule has 0 N–H and O–H groups in total. The van der Waals surface area contributed by atoms with Crippen LogP contribution >= 0.6 is 0 Å². The van der Waals surface area contributed by atoms with Crippen LogP contribution in [-0.2, 0) is 11.3 Å². The third kappa shape index (κ3) is 3.58. The first-order valence-corrected chi connectivity index (χ1v) is 8.41.